The fraction of sp³-hybridized carbons (Fsp3) is 0.300. The Morgan fingerprint density at radius 2 is 2.12 bits per heavy atom. The predicted molar refractivity (Wildman–Crippen MR) is 99.2 cm³/mol. The Bertz CT molecular complexity index is 997. The van der Waals surface area contributed by atoms with Gasteiger partial charge in [-0.25, -0.2) is 4.79 Å². The molecular formula is C20H20N4O2. The molecular weight excluding hydrogens is 328 g/mol. The number of nitrogens with zero attached hydrogens (tertiary/aromatic N) is 4. The lowest BCUT2D eigenvalue weighted by Crippen LogP contribution is -2.09. The summed E-state index contributed by atoms with van der Waals surface area (Å²) in [6.45, 7) is 2.12. The first kappa shape index (κ1) is 16.4. The molecule has 26 heavy (non-hydrogen) atoms. The zero-order valence-corrected chi connectivity index (χ0v) is 14.8. The summed E-state index contributed by atoms with van der Waals surface area (Å²) in [5.41, 5.74) is 4.06. The molecule has 6 nitrogen and oxygen atoms in total. The van der Waals surface area contributed by atoms with Crippen molar-refractivity contribution in [2.45, 2.75) is 25.7 Å². The van der Waals surface area contributed by atoms with Crippen molar-refractivity contribution in [2.24, 2.45) is 7.05 Å². The molecule has 6 heteroatoms. The number of hydrogen-bond donors (Lipinski definition) is 0. The Morgan fingerprint density at radius 3 is 2.88 bits per heavy atom. The topological polar surface area (TPSA) is 69.9 Å². The van der Waals surface area contributed by atoms with E-state index in [1.54, 1.807) is 13.1 Å². The predicted octanol–water partition coefficient (Wildman–Crippen LogP) is 3.34. The van der Waals surface area contributed by atoms with Crippen LogP contribution in [-0.4, -0.2) is 32.6 Å². The van der Waals surface area contributed by atoms with E-state index in [0.29, 0.717) is 18.1 Å². The van der Waals surface area contributed by atoms with Crippen molar-refractivity contribution in [3.8, 4) is 0 Å². The van der Waals surface area contributed by atoms with E-state index in [4.69, 9.17) is 4.74 Å². The average molecular weight is 348 g/mol. The van der Waals surface area contributed by atoms with Crippen molar-refractivity contribution in [3.05, 3.63) is 53.5 Å². The summed E-state index contributed by atoms with van der Waals surface area (Å²) in [6.07, 6.45) is 7.73. The van der Waals surface area contributed by atoms with Crippen LogP contribution in [-0.2, 0) is 16.6 Å². The van der Waals surface area contributed by atoms with E-state index in [9.17, 15) is 4.79 Å². The fourth-order valence-corrected chi connectivity index (χ4v) is 3.16. The van der Waals surface area contributed by atoms with E-state index in [-0.39, 0.29) is 5.97 Å². The summed E-state index contributed by atoms with van der Waals surface area (Å²) in [5, 5.41) is 13.5. The lowest BCUT2D eigenvalue weighted by Gasteiger charge is -2.10. The van der Waals surface area contributed by atoms with E-state index < -0.39 is 0 Å². The van der Waals surface area contributed by atoms with Gasteiger partial charge in [-0.15, -0.1) is 0 Å². The molecule has 1 aromatic carbocycles. The van der Waals surface area contributed by atoms with Crippen molar-refractivity contribution in [1.82, 2.24) is 20.0 Å². The van der Waals surface area contributed by atoms with Gasteiger partial charge in [-0.2, -0.15) is 15.3 Å². The van der Waals surface area contributed by atoms with Crippen molar-refractivity contribution in [2.75, 3.05) is 6.61 Å². The molecule has 1 saturated carbocycles. The Kier molecular flexibility index (Phi) is 4.24. The van der Waals surface area contributed by atoms with Gasteiger partial charge in [0.2, 0.25) is 0 Å². The van der Waals surface area contributed by atoms with Gasteiger partial charge < -0.3 is 4.74 Å². The highest BCUT2D eigenvalue weighted by molar-refractivity contribution is 6.24. The lowest BCUT2D eigenvalue weighted by atomic mass is 10.0. The first-order valence-electron chi connectivity index (χ1n) is 8.80. The molecule has 0 N–H and O–H groups in total. The monoisotopic (exact) mass is 348 g/mol. The van der Waals surface area contributed by atoms with Gasteiger partial charge >= 0.3 is 5.97 Å². The quantitative estimate of drug-likeness (QED) is 0.522. The number of hydrogen-bond acceptors (Lipinski definition) is 5. The van der Waals surface area contributed by atoms with Gasteiger partial charge in [-0.1, -0.05) is 18.2 Å². The van der Waals surface area contributed by atoms with Crippen LogP contribution >= 0.6 is 0 Å². The van der Waals surface area contributed by atoms with Gasteiger partial charge in [-0.05, 0) is 37.8 Å². The van der Waals surface area contributed by atoms with Crippen molar-refractivity contribution in [3.63, 3.8) is 0 Å². The van der Waals surface area contributed by atoms with Gasteiger partial charge in [0.25, 0.3) is 0 Å². The molecule has 0 radical (unpaired) electrons. The third-order valence-electron chi connectivity index (χ3n) is 4.64. The molecule has 0 atom stereocenters. The maximum Gasteiger partial charge on any atom is 0.338 e. The number of benzene rings is 1. The van der Waals surface area contributed by atoms with E-state index in [2.05, 4.69) is 15.3 Å². The highest BCUT2D eigenvalue weighted by atomic mass is 16.5. The highest BCUT2D eigenvalue weighted by Crippen LogP contribution is 2.42. The summed E-state index contributed by atoms with van der Waals surface area (Å²) in [7, 11) is 1.89. The average Bonchev–Trinajstić information content (AvgIpc) is 3.43. The molecule has 3 aromatic rings. The summed E-state index contributed by atoms with van der Waals surface area (Å²) < 4.78 is 7.14. The largest absolute Gasteiger partial charge is 0.462 e. The van der Waals surface area contributed by atoms with Crippen LogP contribution in [0.15, 0.2) is 36.7 Å². The first-order chi connectivity index (χ1) is 12.7. The summed E-state index contributed by atoms with van der Waals surface area (Å²) >= 11 is 0. The smallest absolute Gasteiger partial charge is 0.338 e. The van der Waals surface area contributed by atoms with Gasteiger partial charge in [-0.3, -0.25) is 4.68 Å². The first-order valence-corrected chi connectivity index (χ1v) is 8.80. The second kappa shape index (κ2) is 6.71. The lowest BCUT2D eigenvalue weighted by molar-refractivity contribution is -0.136. The molecule has 0 spiro atoms. The molecule has 1 aliphatic carbocycles. The van der Waals surface area contributed by atoms with E-state index in [0.717, 1.165) is 22.2 Å². The van der Waals surface area contributed by atoms with Gasteiger partial charge in [0, 0.05) is 23.6 Å². The number of fused-ring (bicyclic) bond motifs is 1. The van der Waals surface area contributed by atoms with E-state index >= 15 is 0 Å². The molecule has 0 aliphatic heterocycles. The van der Waals surface area contributed by atoms with Crippen molar-refractivity contribution >= 4 is 28.5 Å². The van der Waals surface area contributed by atoms with Crippen LogP contribution in [0.1, 0.15) is 42.5 Å². The molecule has 0 amide bonds. The van der Waals surface area contributed by atoms with Gasteiger partial charge in [0.15, 0.2) is 0 Å². The van der Waals surface area contributed by atoms with Crippen LogP contribution in [0.3, 0.4) is 0 Å². The number of aryl methyl sites for hydroxylation is 1. The number of aromatic nitrogens is 4. The Labute approximate surface area is 151 Å². The maximum absolute atomic E-state index is 12.8. The van der Waals surface area contributed by atoms with Crippen LogP contribution in [0.5, 0.6) is 0 Å². The van der Waals surface area contributed by atoms with E-state index in [1.807, 2.05) is 48.3 Å². The number of carbonyl (C=O) groups excluding carboxylic acids is 1. The maximum atomic E-state index is 12.8. The van der Waals surface area contributed by atoms with Crippen LogP contribution < -0.4 is 0 Å². The Morgan fingerprint density at radius 1 is 1.31 bits per heavy atom. The fourth-order valence-electron chi connectivity index (χ4n) is 3.16. The summed E-state index contributed by atoms with van der Waals surface area (Å²) in [4.78, 5) is 12.8. The normalized spacial score (nSPS) is 14.6. The zero-order valence-electron chi connectivity index (χ0n) is 14.8. The third-order valence-corrected chi connectivity index (χ3v) is 4.64. The molecule has 0 bridgehead atoms. The SMILES string of the molecule is CCOC(=O)/C(=C\c1c(C2CC2)cnn1C)c1cnnc2ccccc12. The summed E-state index contributed by atoms with van der Waals surface area (Å²) in [6, 6.07) is 7.66. The molecule has 0 saturated heterocycles. The second-order valence-corrected chi connectivity index (χ2v) is 6.44. The molecule has 4 rings (SSSR count). The molecule has 1 aliphatic rings. The van der Waals surface area contributed by atoms with Crippen LogP contribution in [0.25, 0.3) is 22.6 Å². The standard InChI is InChI=1S/C20H20N4O2/c1-3-26-20(25)15(10-19-16(13-8-9-13)12-22-24(19)2)17-11-21-23-18-7-5-4-6-14(17)18/h4-7,10-13H,3,8-9H2,1-2H3/b15-10-. The van der Waals surface area contributed by atoms with Crippen LogP contribution in [0.4, 0.5) is 0 Å². The van der Waals surface area contributed by atoms with Crippen LogP contribution in [0, 0.1) is 0 Å². The molecule has 0 unspecified atom stereocenters. The van der Waals surface area contributed by atoms with Crippen molar-refractivity contribution in [1.29, 1.82) is 0 Å². The zero-order chi connectivity index (χ0) is 18.1. The number of esters is 1. The van der Waals surface area contributed by atoms with Crippen LogP contribution in [0.2, 0.25) is 0 Å². The Balaban J connectivity index is 1.91. The number of rotatable bonds is 5. The minimum Gasteiger partial charge on any atom is -0.462 e. The molecule has 2 aromatic heterocycles. The number of ether oxygens (including phenoxy) is 1. The third kappa shape index (κ3) is 2.98. The molecule has 132 valence electrons. The van der Waals surface area contributed by atoms with Gasteiger partial charge in [0.1, 0.15) is 0 Å². The minimum absolute atomic E-state index is 0.313. The van der Waals surface area contributed by atoms with Crippen molar-refractivity contribution < 1.29 is 9.53 Å². The molecule has 2 heterocycles. The second-order valence-electron chi connectivity index (χ2n) is 6.44. The van der Waals surface area contributed by atoms with E-state index in [1.165, 1.54) is 18.4 Å². The molecule has 1 fully saturated rings. The Hall–Kier alpha value is -3.02. The van der Waals surface area contributed by atoms with Gasteiger partial charge in [0.05, 0.1) is 35.8 Å². The minimum atomic E-state index is -0.367. The highest BCUT2D eigenvalue weighted by Gasteiger charge is 2.28. The number of carbonyl (C=O) groups is 1. The summed E-state index contributed by atoms with van der Waals surface area (Å²) in [5.74, 6) is 0.166.